The molecule has 7 heteroatoms. The molecule has 3 heterocycles. The van der Waals surface area contributed by atoms with E-state index in [0.717, 1.165) is 47.8 Å². The van der Waals surface area contributed by atoms with E-state index in [1.54, 1.807) is 11.2 Å². The Bertz CT molecular complexity index is 723. The summed E-state index contributed by atoms with van der Waals surface area (Å²) in [5.41, 5.74) is 0.937. The molecule has 3 rings (SSSR count). The van der Waals surface area contributed by atoms with Gasteiger partial charge in [-0.05, 0) is 25.8 Å². The summed E-state index contributed by atoms with van der Waals surface area (Å²) in [6.07, 6.45) is 2.83. The number of ether oxygens (including phenoxy) is 1. The second-order valence-electron chi connectivity index (χ2n) is 6.14. The number of carbonyl (C=O) groups excluding carboxylic acids is 1. The molecule has 130 valence electrons. The Labute approximate surface area is 146 Å². The number of carbonyl (C=O) groups is 1. The second-order valence-corrected chi connectivity index (χ2v) is 7.14. The number of fused-ring (bicyclic) bond motifs is 1. The number of aryl methyl sites for hydroxylation is 1. The fraction of sp³-hybridized carbons (Fsp3) is 0.588. The molecule has 2 aromatic rings. The van der Waals surface area contributed by atoms with E-state index in [0.29, 0.717) is 11.5 Å². The zero-order chi connectivity index (χ0) is 17.1. The molecule has 24 heavy (non-hydrogen) atoms. The van der Waals surface area contributed by atoms with Crippen molar-refractivity contribution in [3.05, 3.63) is 16.8 Å². The molecule has 0 amide bonds. The van der Waals surface area contributed by atoms with E-state index < -0.39 is 0 Å². The van der Waals surface area contributed by atoms with Crippen molar-refractivity contribution in [1.29, 1.82) is 0 Å². The maximum absolute atomic E-state index is 12.2. The van der Waals surface area contributed by atoms with Gasteiger partial charge >= 0.3 is 5.97 Å². The summed E-state index contributed by atoms with van der Waals surface area (Å²) in [6, 6.07) is 0. The number of hydrogen-bond donors (Lipinski definition) is 1. The van der Waals surface area contributed by atoms with Gasteiger partial charge in [0, 0.05) is 0 Å². The smallest absolute Gasteiger partial charge is 0.348 e. The monoisotopic (exact) mass is 349 g/mol. The Morgan fingerprint density at radius 1 is 1.33 bits per heavy atom. The molecule has 0 aromatic carbocycles. The van der Waals surface area contributed by atoms with Gasteiger partial charge in [0.25, 0.3) is 0 Å². The lowest BCUT2D eigenvalue weighted by Crippen LogP contribution is -3.14. The molecule has 0 spiro atoms. The second kappa shape index (κ2) is 7.44. The Morgan fingerprint density at radius 2 is 2.08 bits per heavy atom. The number of anilines is 1. The van der Waals surface area contributed by atoms with Crippen molar-refractivity contribution in [2.75, 3.05) is 44.2 Å². The van der Waals surface area contributed by atoms with Gasteiger partial charge in [0.15, 0.2) is 0 Å². The number of quaternary nitrogens is 1. The standard InChI is InChI=1S/C17H24N4O2S/c1-4-6-20-7-9-21(10-8-20)15-13-12(3)14(17(22)23-5-2)24-16(13)19-11-18-15/h11H,4-10H2,1-3H3/p+1. The fourth-order valence-corrected chi connectivity index (χ4v) is 4.36. The van der Waals surface area contributed by atoms with Crippen LogP contribution in [0.3, 0.4) is 0 Å². The van der Waals surface area contributed by atoms with Crippen molar-refractivity contribution in [2.45, 2.75) is 27.2 Å². The molecule has 2 aromatic heterocycles. The Kier molecular flexibility index (Phi) is 5.30. The summed E-state index contributed by atoms with van der Waals surface area (Å²) in [7, 11) is 0. The van der Waals surface area contributed by atoms with Crippen LogP contribution in [0.2, 0.25) is 0 Å². The quantitative estimate of drug-likeness (QED) is 0.825. The van der Waals surface area contributed by atoms with E-state index in [4.69, 9.17) is 4.74 Å². The summed E-state index contributed by atoms with van der Waals surface area (Å²) in [6.45, 7) is 11.9. The number of aromatic nitrogens is 2. The minimum atomic E-state index is -0.263. The van der Waals surface area contributed by atoms with Crippen LogP contribution < -0.4 is 9.80 Å². The minimum absolute atomic E-state index is 0.263. The third-order valence-electron chi connectivity index (χ3n) is 4.54. The third-order valence-corrected chi connectivity index (χ3v) is 5.72. The maximum Gasteiger partial charge on any atom is 0.348 e. The average molecular weight is 349 g/mol. The molecular formula is C17H25N4O2S+. The minimum Gasteiger partial charge on any atom is -0.462 e. The highest BCUT2D eigenvalue weighted by atomic mass is 32.1. The van der Waals surface area contributed by atoms with Crippen LogP contribution in [0, 0.1) is 6.92 Å². The van der Waals surface area contributed by atoms with Crippen LogP contribution in [0.1, 0.15) is 35.5 Å². The molecule has 0 atom stereocenters. The highest BCUT2D eigenvalue weighted by Gasteiger charge is 2.25. The molecule has 1 saturated heterocycles. The van der Waals surface area contributed by atoms with Gasteiger partial charge in [-0.1, -0.05) is 6.92 Å². The molecule has 0 unspecified atom stereocenters. The van der Waals surface area contributed by atoms with Crippen LogP contribution in [0.5, 0.6) is 0 Å². The van der Waals surface area contributed by atoms with Crippen molar-refractivity contribution in [2.24, 2.45) is 0 Å². The number of nitrogens with zero attached hydrogens (tertiary/aromatic N) is 3. The summed E-state index contributed by atoms with van der Waals surface area (Å²) in [5.74, 6) is 0.695. The molecule has 0 radical (unpaired) electrons. The van der Waals surface area contributed by atoms with Crippen molar-refractivity contribution >= 4 is 33.3 Å². The first-order valence-electron chi connectivity index (χ1n) is 8.65. The van der Waals surface area contributed by atoms with Crippen LogP contribution in [0.25, 0.3) is 10.2 Å². The zero-order valence-corrected chi connectivity index (χ0v) is 15.4. The molecule has 1 fully saturated rings. The molecule has 1 aliphatic rings. The number of esters is 1. The van der Waals surface area contributed by atoms with Crippen molar-refractivity contribution in [3.8, 4) is 0 Å². The highest BCUT2D eigenvalue weighted by Crippen LogP contribution is 2.35. The van der Waals surface area contributed by atoms with Crippen molar-refractivity contribution in [3.63, 3.8) is 0 Å². The molecule has 0 aliphatic carbocycles. The zero-order valence-electron chi connectivity index (χ0n) is 14.6. The maximum atomic E-state index is 12.2. The lowest BCUT2D eigenvalue weighted by atomic mass is 10.2. The van der Waals surface area contributed by atoms with Gasteiger partial charge in [0.05, 0.1) is 44.7 Å². The van der Waals surface area contributed by atoms with Crippen molar-refractivity contribution < 1.29 is 14.4 Å². The first kappa shape index (κ1) is 17.1. The number of thiophene rings is 1. The predicted octanol–water partition coefficient (Wildman–Crippen LogP) is 1.29. The van der Waals surface area contributed by atoms with Crippen LogP contribution in [0.4, 0.5) is 5.82 Å². The van der Waals surface area contributed by atoms with E-state index in [9.17, 15) is 4.79 Å². The van der Waals surface area contributed by atoms with E-state index >= 15 is 0 Å². The summed E-state index contributed by atoms with van der Waals surface area (Å²) >= 11 is 1.40. The van der Waals surface area contributed by atoms with E-state index in [-0.39, 0.29) is 5.97 Å². The molecule has 1 aliphatic heterocycles. The van der Waals surface area contributed by atoms with Gasteiger partial charge < -0.3 is 14.5 Å². The molecule has 6 nitrogen and oxygen atoms in total. The van der Waals surface area contributed by atoms with Gasteiger partial charge in [-0.2, -0.15) is 0 Å². The normalized spacial score (nSPS) is 15.9. The predicted molar refractivity (Wildman–Crippen MR) is 96.2 cm³/mol. The van der Waals surface area contributed by atoms with Crippen LogP contribution >= 0.6 is 11.3 Å². The molecular weight excluding hydrogens is 324 g/mol. The molecule has 1 N–H and O–H groups in total. The highest BCUT2D eigenvalue weighted by molar-refractivity contribution is 7.20. The Balaban J connectivity index is 1.90. The number of rotatable bonds is 5. The van der Waals surface area contributed by atoms with E-state index in [2.05, 4.69) is 21.8 Å². The van der Waals surface area contributed by atoms with Crippen LogP contribution in [0.15, 0.2) is 6.33 Å². The summed E-state index contributed by atoms with van der Waals surface area (Å²) < 4.78 is 5.17. The lowest BCUT2D eigenvalue weighted by Gasteiger charge is -2.33. The topological polar surface area (TPSA) is 59.8 Å². The molecule has 0 saturated carbocycles. The number of nitrogens with one attached hydrogen (secondary N) is 1. The van der Waals surface area contributed by atoms with Gasteiger partial charge in [-0.25, -0.2) is 14.8 Å². The van der Waals surface area contributed by atoms with Gasteiger partial charge in [-0.15, -0.1) is 11.3 Å². The Morgan fingerprint density at radius 3 is 2.75 bits per heavy atom. The van der Waals surface area contributed by atoms with E-state index in [1.807, 2.05) is 13.8 Å². The van der Waals surface area contributed by atoms with Crippen LogP contribution in [-0.2, 0) is 4.74 Å². The first-order valence-corrected chi connectivity index (χ1v) is 9.47. The molecule has 0 bridgehead atoms. The van der Waals surface area contributed by atoms with Gasteiger partial charge in [0.2, 0.25) is 0 Å². The third kappa shape index (κ3) is 3.23. The first-order chi connectivity index (χ1) is 11.7. The number of piperazine rings is 1. The summed E-state index contributed by atoms with van der Waals surface area (Å²) in [4.78, 5) is 26.6. The fourth-order valence-electron chi connectivity index (χ4n) is 3.32. The summed E-state index contributed by atoms with van der Waals surface area (Å²) in [5, 5.41) is 1.00. The largest absolute Gasteiger partial charge is 0.462 e. The number of hydrogen-bond acceptors (Lipinski definition) is 6. The van der Waals surface area contributed by atoms with Gasteiger partial charge in [0.1, 0.15) is 21.9 Å². The van der Waals surface area contributed by atoms with Crippen LogP contribution in [-0.4, -0.2) is 55.3 Å². The van der Waals surface area contributed by atoms with Gasteiger partial charge in [-0.3, -0.25) is 0 Å². The average Bonchev–Trinajstić information content (AvgIpc) is 2.93. The van der Waals surface area contributed by atoms with E-state index in [1.165, 1.54) is 24.3 Å². The lowest BCUT2D eigenvalue weighted by molar-refractivity contribution is -0.900. The SMILES string of the molecule is CCC[NH+]1CCN(c2ncnc3sc(C(=O)OCC)c(C)c23)CC1. The van der Waals surface area contributed by atoms with Crippen molar-refractivity contribution in [1.82, 2.24) is 9.97 Å². The Hall–Kier alpha value is -1.73.